The summed E-state index contributed by atoms with van der Waals surface area (Å²) in [6, 6.07) is 6.23. The molecule has 264 valence electrons. The lowest BCUT2D eigenvalue weighted by atomic mass is 9.76. The molecule has 0 bridgehead atoms. The van der Waals surface area contributed by atoms with Crippen LogP contribution in [0.3, 0.4) is 0 Å². The van der Waals surface area contributed by atoms with Crippen LogP contribution in [-0.2, 0) is 23.6 Å². The van der Waals surface area contributed by atoms with Gasteiger partial charge >= 0.3 is 6.16 Å². The molecule has 0 N–H and O–H groups in total. The van der Waals surface area contributed by atoms with Crippen molar-refractivity contribution in [2.45, 2.75) is 49.7 Å². The van der Waals surface area contributed by atoms with Gasteiger partial charge < -0.3 is 19.3 Å². The molecule has 2 aromatic heterocycles. The third-order valence-corrected chi connectivity index (χ3v) is 10.2. The summed E-state index contributed by atoms with van der Waals surface area (Å²) in [6.45, 7) is 2.17. The van der Waals surface area contributed by atoms with Crippen molar-refractivity contribution in [2.75, 3.05) is 36.0 Å². The summed E-state index contributed by atoms with van der Waals surface area (Å²) in [5.74, 6) is 0.828. The maximum atomic E-state index is 13.9. The number of nitrogens with zero attached hydrogens (tertiary/aromatic N) is 8. The number of ether oxygens (including phenoxy) is 2. The molecule has 0 saturated carbocycles. The molecular weight excluding hydrogens is 652 g/mol. The molecule has 0 aromatic carbocycles. The first kappa shape index (κ1) is 34.3. The Morgan fingerprint density at radius 1 is 0.720 bits per heavy atom. The van der Waals surface area contributed by atoms with Crippen molar-refractivity contribution in [1.29, 1.82) is 0 Å². The molecule has 4 aliphatic rings. The molecule has 0 spiro atoms. The van der Waals surface area contributed by atoms with E-state index in [4.69, 9.17) is 9.47 Å². The summed E-state index contributed by atoms with van der Waals surface area (Å²) < 4.78 is 14.9. The molecule has 17 nitrogen and oxygen atoms in total. The van der Waals surface area contributed by atoms with Crippen molar-refractivity contribution < 1.29 is 24.1 Å². The van der Waals surface area contributed by atoms with Gasteiger partial charge in [0, 0.05) is 89.2 Å². The summed E-state index contributed by atoms with van der Waals surface area (Å²) in [4.78, 5) is 63.8. The Labute approximate surface area is 286 Å². The number of piperidine rings is 2. The average molecular weight is 691 g/mol. The lowest BCUT2D eigenvalue weighted by Gasteiger charge is -2.45. The normalized spacial score (nSPS) is 24.4. The highest BCUT2D eigenvalue weighted by atomic mass is 16.7. The van der Waals surface area contributed by atoms with Gasteiger partial charge in [-0.3, -0.25) is 29.8 Å². The zero-order chi connectivity index (χ0) is 35.6. The van der Waals surface area contributed by atoms with Gasteiger partial charge in [-0.2, -0.15) is 10.2 Å². The van der Waals surface area contributed by atoms with Crippen LogP contribution < -0.4 is 20.9 Å². The number of anilines is 2. The predicted octanol–water partition coefficient (Wildman–Crippen LogP) is 2.88. The molecule has 2 saturated heterocycles. The van der Waals surface area contributed by atoms with Crippen LogP contribution in [0.5, 0.6) is 0 Å². The fourth-order valence-electron chi connectivity index (χ4n) is 7.29. The van der Waals surface area contributed by atoms with Crippen LogP contribution in [0.25, 0.3) is 0 Å². The smallest absolute Gasteiger partial charge is 0.423 e. The largest absolute Gasteiger partial charge is 0.510 e. The van der Waals surface area contributed by atoms with Crippen LogP contribution in [-0.4, -0.2) is 72.9 Å². The summed E-state index contributed by atoms with van der Waals surface area (Å²) in [7, 11) is 3.16. The van der Waals surface area contributed by atoms with E-state index in [0.717, 1.165) is 0 Å². The van der Waals surface area contributed by atoms with E-state index in [0.29, 0.717) is 63.5 Å². The minimum absolute atomic E-state index is 0.0663. The van der Waals surface area contributed by atoms with Crippen LogP contribution in [0, 0.1) is 32.1 Å². The molecule has 6 rings (SSSR count). The van der Waals surface area contributed by atoms with Crippen molar-refractivity contribution in [3.05, 3.63) is 113 Å². The lowest BCUT2D eigenvalue weighted by molar-refractivity contribution is -0.419. The van der Waals surface area contributed by atoms with Crippen LogP contribution in [0.15, 0.2) is 81.7 Å². The van der Waals surface area contributed by atoms with E-state index in [2.05, 4.69) is 10.2 Å². The van der Waals surface area contributed by atoms with Gasteiger partial charge in [-0.15, -0.1) is 0 Å². The average Bonchev–Trinajstić information content (AvgIpc) is 3.11. The zero-order valence-electron chi connectivity index (χ0n) is 27.8. The summed E-state index contributed by atoms with van der Waals surface area (Å²) in [5, 5.41) is 31.8. The Morgan fingerprint density at radius 2 is 1.10 bits per heavy atom. The van der Waals surface area contributed by atoms with Gasteiger partial charge in [0.1, 0.15) is 22.8 Å². The van der Waals surface area contributed by atoms with E-state index in [9.17, 15) is 34.6 Å². The van der Waals surface area contributed by atoms with Gasteiger partial charge in [-0.05, 0) is 62.1 Å². The molecular formula is C33H38N8O9. The van der Waals surface area contributed by atoms with E-state index >= 15 is 0 Å². The molecule has 0 amide bonds. The van der Waals surface area contributed by atoms with Gasteiger partial charge in [0.25, 0.3) is 22.5 Å². The molecule has 2 aliphatic heterocycles. The number of hydrogen-bond donors (Lipinski definition) is 0. The van der Waals surface area contributed by atoms with E-state index in [1.165, 1.54) is 45.8 Å². The molecule has 17 heteroatoms. The highest BCUT2D eigenvalue weighted by Crippen LogP contribution is 2.43. The number of hydrogen-bond acceptors (Lipinski definition) is 13. The predicted molar refractivity (Wildman–Crippen MR) is 180 cm³/mol. The number of aromatic nitrogens is 4. The Bertz CT molecular complexity index is 1780. The maximum absolute atomic E-state index is 13.9. The van der Waals surface area contributed by atoms with Gasteiger partial charge in [-0.25, -0.2) is 14.2 Å². The number of aryl methyl sites for hydroxylation is 2. The van der Waals surface area contributed by atoms with Gasteiger partial charge in [0.05, 0.1) is 9.85 Å². The molecule has 2 fully saturated rings. The van der Waals surface area contributed by atoms with E-state index in [1.54, 1.807) is 38.4 Å². The lowest BCUT2D eigenvalue weighted by Crippen LogP contribution is -2.51. The summed E-state index contributed by atoms with van der Waals surface area (Å²) in [5.41, 5.74) is -3.13. The van der Waals surface area contributed by atoms with Crippen LogP contribution >= 0.6 is 0 Å². The molecule has 2 unspecified atom stereocenters. The fourth-order valence-corrected chi connectivity index (χ4v) is 7.29. The SMILES string of the molecule is Cn1nc(N2CCC(C3(OC(=O)OC4(C5CCN(c6ccc(=O)n(C)n6)CC5)C=CC([N+](=O)[O-])=CC4)C=CC([N+](=O)[O-])=CC3)CC2)ccc1=O. The van der Waals surface area contributed by atoms with Gasteiger partial charge in [0.15, 0.2) is 0 Å². The first-order valence-electron chi connectivity index (χ1n) is 16.5. The van der Waals surface area contributed by atoms with E-state index in [-0.39, 0.29) is 47.2 Å². The molecule has 0 radical (unpaired) electrons. The third-order valence-electron chi connectivity index (χ3n) is 10.2. The summed E-state index contributed by atoms with van der Waals surface area (Å²) in [6.07, 6.45) is 10.1. The molecule has 50 heavy (non-hydrogen) atoms. The Balaban J connectivity index is 1.20. The second-order valence-electron chi connectivity index (χ2n) is 13.0. The molecule has 2 aliphatic carbocycles. The number of rotatable bonds is 8. The third kappa shape index (κ3) is 6.93. The van der Waals surface area contributed by atoms with Crippen molar-refractivity contribution in [3.63, 3.8) is 0 Å². The highest BCUT2D eigenvalue weighted by molar-refractivity contribution is 5.63. The highest BCUT2D eigenvalue weighted by Gasteiger charge is 2.48. The van der Waals surface area contributed by atoms with Crippen LogP contribution in [0.1, 0.15) is 38.5 Å². The number of carbonyl (C=O) groups is 1. The number of nitro groups is 2. The first-order chi connectivity index (χ1) is 23.9. The molecule has 4 heterocycles. The van der Waals surface area contributed by atoms with E-state index in [1.807, 2.05) is 9.80 Å². The number of carbonyl (C=O) groups excluding carboxylic acids is 1. The molecule has 2 atom stereocenters. The minimum Gasteiger partial charge on any atom is -0.423 e. The Kier molecular flexibility index (Phi) is 9.40. The van der Waals surface area contributed by atoms with Crippen molar-refractivity contribution in [2.24, 2.45) is 25.9 Å². The van der Waals surface area contributed by atoms with Gasteiger partial charge in [-0.1, -0.05) is 0 Å². The maximum Gasteiger partial charge on any atom is 0.510 e. The topological polar surface area (TPSA) is 198 Å². The Morgan fingerprint density at radius 3 is 1.40 bits per heavy atom. The van der Waals surface area contributed by atoms with Crippen LogP contribution in [0.4, 0.5) is 16.4 Å². The van der Waals surface area contributed by atoms with Crippen molar-refractivity contribution >= 4 is 17.8 Å². The van der Waals surface area contributed by atoms with Crippen LogP contribution in [0.2, 0.25) is 0 Å². The fraction of sp³-hybridized carbons (Fsp3) is 0.485. The number of allylic oxidation sites excluding steroid dienone is 2. The van der Waals surface area contributed by atoms with Crippen molar-refractivity contribution in [3.8, 4) is 0 Å². The molecule has 2 aromatic rings. The second-order valence-corrected chi connectivity index (χ2v) is 13.0. The second kappa shape index (κ2) is 13.7. The quantitative estimate of drug-likeness (QED) is 0.223. The first-order valence-corrected chi connectivity index (χ1v) is 16.5. The standard InChI is InChI=1S/C33H38N8O9/c1-36-29(42)5-3-27(34-36)38-19-11-23(12-20-38)32(15-7-25(8-16-32)40(45)46)49-31(44)50-33(17-9-26(10-18-33)41(47)48)24-13-21-39(22-14-24)28-4-6-30(43)37(2)35-28/h3-10,15,17,23-24H,11-14,16,18-22H2,1-2H3. The Hall–Kier alpha value is -5.61. The van der Waals surface area contributed by atoms with Crippen molar-refractivity contribution in [1.82, 2.24) is 19.6 Å². The monoisotopic (exact) mass is 690 g/mol. The summed E-state index contributed by atoms with van der Waals surface area (Å²) >= 11 is 0. The van der Waals surface area contributed by atoms with E-state index < -0.39 is 27.2 Å². The minimum atomic E-state index is -1.24. The van der Waals surface area contributed by atoms with Gasteiger partial charge in [0.2, 0.25) is 0 Å². The zero-order valence-corrected chi connectivity index (χ0v) is 27.8.